The van der Waals surface area contributed by atoms with Gasteiger partial charge in [-0.1, -0.05) is 48.2 Å². The summed E-state index contributed by atoms with van der Waals surface area (Å²) in [6, 6.07) is 6.84. The zero-order chi connectivity index (χ0) is 13.9. The lowest BCUT2D eigenvalue weighted by Crippen LogP contribution is -2.32. The third-order valence-electron chi connectivity index (χ3n) is 4.83. The monoisotopic (exact) mass is 311 g/mol. The van der Waals surface area contributed by atoms with E-state index >= 15 is 0 Å². The molecule has 1 aromatic carbocycles. The maximum Gasteiger partial charge on any atom is 0.0624 e. The van der Waals surface area contributed by atoms with Crippen LogP contribution in [-0.4, -0.2) is 12.6 Å². The fraction of sp³-hybridized carbons (Fsp3) is 0.647. The van der Waals surface area contributed by atoms with Gasteiger partial charge in [-0.25, -0.2) is 0 Å². The number of nitrogens with one attached hydrogen (secondary N) is 1. The van der Waals surface area contributed by atoms with Crippen LogP contribution in [0.2, 0.25) is 10.0 Å². The highest BCUT2D eigenvalue weighted by Gasteiger charge is 2.28. The molecule has 2 fully saturated rings. The van der Waals surface area contributed by atoms with E-state index in [1.54, 1.807) is 0 Å². The maximum absolute atomic E-state index is 6.35. The van der Waals surface area contributed by atoms with Gasteiger partial charge >= 0.3 is 0 Å². The molecule has 0 spiro atoms. The highest BCUT2D eigenvalue weighted by molar-refractivity contribution is 6.42. The van der Waals surface area contributed by atoms with Crippen LogP contribution in [0.3, 0.4) is 0 Å². The third kappa shape index (κ3) is 3.69. The van der Waals surface area contributed by atoms with Crippen molar-refractivity contribution >= 4 is 23.2 Å². The van der Waals surface area contributed by atoms with E-state index in [4.69, 9.17) is 23.2 Å². The lowest BCUT2D eigenvalue weighted by atomic mass is 9.76. The summed E-state index contributed by atoms with van der Waals surface area (Å²) in [6.45, 7) is 1.19. The summed E-state index contributed by atoms with van der Waals surface area (Å²) in [5.74, 6) is 1.56. The van der Waals surface area contributed by atoms with Crippen molar-refractivity contribution in [3.05, 3.63) is 33.8 Å². The highest BCUT2D eigenvalue weighted by atomic mass is 35.5. The van der Waals surface area contributed by atoms with Gasteiger partial charge in [-0.05, 0) is 62.1 Å². The van der Waals surface area contributed by atoms with Crippen molar-refractivity contribution in [1.82, 2.24) is 5.32 Å². The Morgan fingerprint density at radius 2 is 1.75 bits per heavy atom. The molecule has 2 aliphatic rings. The van der Waals surface area contributed by atoms with E-state index in [0.29, 0.717) is 5.02 Å². The van der Waals surface area contributed by atoms with E-state index in [1.165, 1.54) is 50.6 Å². The standard InChI is InChI=1S/C17H23Cl2N/c18-16-7-3-6-13(17(16)19)10-12-4-1-2-5-14(12)11-20-15-8-9-15/h3,6-7,12,14-15,20H,1-2,4-5,8-11H2. The summed E-state index contributed by atoms with van der Waals surface area (Å²) in [4.78, 5) is 0. The van der Waals surface area contributed by atoms with Gasteiger partial charge in [-0.2, -0.15) is 0 Å². The topological polar surface area (TPSA) is 12.0 Å². The van der Waals surface area contributed by atoms with E-state index in [1.807, 2.05) is 12.1 Å². The first-order valence-corrected chi connectivity index (χ1v) is 8.66. The second-order valence-corrected chi connectivity index (χ2v) is 7.19. The van der Waals surface area contributed by atoms with Gasteiger partial charge < -0.3 is 5.32 Å². The Bertz CT molecular complexity index is 456. The van der Waals surface area contributed by atoms with Gasteiger partial charge in [-0.3, -0.25) is 0 Å². The molecule has 3 heteroatoms. The van der Waals surface area contributed by atoms with E-state index in [-0.39, 0.29) is 0 Å². The molecule has 0 saturated heterocycles. The molecule has 3 rings (SSSR count). The SMILES string of the molecule is Clc1cccc(CC2CCCCC2CNC2CC2)c1Cl. The zero-order valence-corrected chi connectivity index (χ0v) is 13.4. The molecule has 1 N–H and O–H groups in total. The van der Waals surface area contributed by atoms with Crippen LogP contribution in [0.4, 0.5) is 0 Å². The Morgan fingerprint density at radius 3 is 2.50 bits per heavy atom. The first kappa shape index (κ1) is 14.7. The van der Waals surface area contributed by atoms with Crippen molar-refractivity contribution in [2.45, 2.75) is 51.0 Å². The smallest absolute Gasteiger partial charge is 0.0624 e. The summed E-state index contributed by atoms with van der Waals surface area (Å²) in [7, 11) is 0. The van der Waals surface area contributed by atoms with Gasteiger partial charge in [0.05, 0.1) is 10.0 Å². The van der Waals surface area contributed by atoms with E-state index in [0.717, 1.165) is 29.3 Å². The molecule has 0 aromatic heterocycles. The lowest BCUT2D eigenvalue weighted by Gasteiger charge is -2.32. The molecule has 0 bridgehead atoms. The minimum absolute atomic E-state index is 0.688. The van der Waals surface area contributed by atoms with Crippen molar-refractivity contribution in [2.75, 3.05) is 6.54 Å². The summed E-state index contributed by atoms with van der Waals surface area (Å²) in [5, 5.41) is 5.15. The van der Waals surface area contributed by atoms with Gasteiger partial charge in [0.15, 0.2) is 0 Å². The molecule has 0 aliphatic heterocycles. The van der Waals surface area contributed by atoms with Crippen LogP contribution in [0.15, 0.2) is 18.2 Å². The van der Waals surface area contributed by atoms with Crippen molar-refractivity contribution < 1.29 is 0 Å². The number of rotatable bonds is 5. The molecular formula is C17H23Cl2N. The third-order valence-corrected chi connectivity index (χ3v) is 5.68. The summed E-state index contributed by atoms with van der Waals surface area (Å²) >= 11 is 12.5. The Hall–Kier alpha value is -0.240. The number of hydrogen-bond acceptors (Lipinski definition) is 1. The average Bonchev–Trinajstić information content (AvgIpc) is 3.27. The Kier molecular flexibility index (Phi) is 4.91. The Balaban J connectivity index is 1.64. The molecule has 0 amide bonds. The zero-order valence-electron chi connectivity index (χ0n) is 11.9. The van der Waals surface area contributed by atoms with Gasteiger partial charge in [0.2, 0.25) is 0 Å². The fourth-order valence-corrected chi connectivity index (χ4v) is 3.81. The highest BCUT2D eigenvalue weighted by Crippen LogP contribution is 2.35. The molecule has 2 saturated carbocycles. The predicted octanol–water partition coefficient (Wildman–Crippen LogP) is 5.09. The first-order chi connectivity index (χ1) is 9.74. The van der Waals surface area contributed by atoms with Crippen LogP contribution in [0.25, 0.3) is 0 Å². The second-order valence-electron chi connectivity index (χ2n) is 6.40. The van der Waals surface area contributed by atoms with Crippen molar-refractivity contribution in [3.8, 4) is 0 Å². The maximum atomic E-state index is 6.35. The molecule has 110 valence electrons. The quantitative estimate of drug-likeness (QED) is 0.798. The van der Waals surface area contributed by atoms with Gasteiger partial charge in [-0.15, -0.1) is 0 Å². The normalized spacial score (nSPS) is 26.7. The van der Waals surface area contributed by atoms with Crippen molar-refractivity contribution in [3.63, 3.8) is 0 Å². The van der Waals surface area contributed by atoms with Crippen LogP contribution in [-0.2, 0) is 6.42 Å². The first-order valence-electron chi connectivity index (χ1n) is 7.90. The van der Waals surface area contributed by atoms with Crippen LogP contribution < -0.4 is 5.32 Å². The van der Waals surface area contributed by atoms with E-state index in [9.17, 15) is 0 Å². The summed E-state index contributed by atoms with van der Waals surface area (Å²) in [5.41, 5.74) is 1.22. The van der Waals surface area contributed by atoms with Crippen molar-refractivity contribution in [2.24, 2.45) is 11.8 Å². The van der Waals surface area contributed by atoms with Crippen LogP contribution in [0.1, 0.15) is 44.1 Å². The van der Waals surface area contributed by atoms with E-state index < -0.39 is 0 Å². The average molecular weight is 312 g/mol. The Morgan fingerprint density at radius 1 is 1.00 bits per heavy atom. The lowest BCUT2D eigenvalue weighted by molar-refractivity contribution is 0.228. The van der Waals surface area contributed by atoms with Crippen molar-refractivity contribution in [1.29, 1.82) is 0 Å². The molecular weight excluding hydrogens is 289 g/mol. The minimum atomic E-state index is 0.688. The fourth-order valence-electron chi connectivity index (χ4n) is 3.42. The minimum Gasteiger partial charge on any atom is -0.314 e. The van der Waals surface area contributed by atoms with Crippen LogP contribution in [0, 0.1) is 11.8 Å². The second kappa shape index (κ2) is 6.68. The largest absolute Gasteiger partial charge is 0.314 e. The number of benzene rings is 1. The predicted molar refractivity (Wildman–Crippen MR) is 86.6 cm³/mol. The summed E-state index contributed by atoms with van der Waals surface area (Å²) < 4.78 is 0. The summed E-state index contributed by atoms with van der Waals surface area (Å²) in [6.07, 6.45) is 9.27. The van der Waals surface area contributed by atoms with Gasteiger partial charge in [0.25, 0.3) is 0 Å². The molecule has 0 heterocycles. The van der Waals surface area contributed by atoms with Gasteiger partial charge in [0, 0.05) is 6.04 Å². The molecule has 2 atom stereocenters. The van der Waals surface area contributed by atoms with Gasteiger partial charge in [0.1, 0.15) is 0 Å². The molecule has 20 heavy (non-hydrogen) atoms. The Labute approximate surface area is 132 Å². The number of hydrogen-bond donors (Lipinski definition) is 1. The van der Waals surface area contributed by atoms with Crippen LogP contribution >= 0.6 is 23.2 Å². The van der Waals surface area contributed by atoms with Crippen LogP contribution in [0.5, 0.6) is 0 Å². The molecule has 0 radical (unpaired) electrons. The van der Waals surface area contributed by atoms with E-state index in [2.05, 4.69) is 11.4 Å². The molecule has 2 unspecified atom stereocenters. The molecule has 1 nitrogen and oxygen atoms in total. The molecule has 1 aromatic rings. The number of halogens is 2. The molecule has 2 aliphatic carbocycles.